The van der Waals surface area contributed by atoms with Gasteiger partial charge in [0.25, 0.3) is 0 Å². The van der Waals surface area contributed by atoms with E-state index < -0.39 is 0 Å². The van der Waals surface area contributed by atoms with Crippen molar-refractivity contribution in [3.63, 3.8) is 0 Å². The second-order valence-corrected chi connectivity index (χ2v) is 2.88. The first kappa shape index (κ1) is 14.8. The van der Waals surface area contributed by atoms with E-state index in [4.69, 9.17) is 20.0 Å². The summed E-state index contributed by atoms with van der Waals surface area (Å²) in [6, 6.07) is 0. The van der Waals surface area contributed by atoms with E-state index in [9.17, 15) is 0 Å². The SMILES string of the molecule is OCCNCCO.O[B]OC1CCCO1. The maximum atomic E-state index is 8.15. The minimum Gasteiger partial charge on any atom is -0.429 e. The molecule has 0 aromatic carbocycles. The van der Waals surface area contributed by atoms with Crippen LogP contribution in [-0.4, -0.2) is 62.1 Å². The molecule has 1 unspecified atom stereocenters. The van der Waals surface area contributed by atoms with E-state index in [1.807, 2.05) is 0 Å². The molecule has 0 saturated carbocycles. The molecule has 1 radical (unpaired) electrons. The Balaban J connectivity index is 0.000000265. The topological polar surface area (TPSA) is 91.2 Å². The quantitative estimate of drug-likeness (QED) is 0.312. The highest BCUT2D eigenvalue weighted by molar-refractivity contribution is 6.15. The van der Waals surface area contributed by atoms with Crippen LogP contribution in [0.2, 0.25) is 0 Å². The van der Waals surface area contributed by atoms with Crippen molar-refractivity contribution in [3.8, 4) is 0 Å². The molecular weight excluding hydrogens is 201 g/mol. The molecule has 0 amide bonds. The van der Waals surface area contributed by atoms with Gasteiger partial charge < -0.3 is 29.9 Å². The monoisotopic (exact) mass is 220 g/mol. The maximum absolute atomic E-state index is 8.15. The van der Waals surface area contributed by atoms with Gasteiger partial charge in [0, 0.05) is 19.7 Å². The number of ether oxygens (including phenoxy) is 1. The molecule has 0 aliphatic carbocycles. The normalized spacial score (nSPS) is 19.5. The molecule has 15 heavy (non-hydrogen) atoms. The van der Waals surface area contributed by atoms with E-state index in [2.05, 4.69) is 9.97 Å². The lowest BCUT2D eigenvalue weighted by Gasteiger charge is -2.05. The number of nitrogens with one attached hydrogen (secondary N) is 1. The van der Waals surface area contributed by atoms with Gasteiger partial charge in [0.05, 0.1) is 13.2 Å². The zero-order valence-electron chi connectivity index (χ0n) is 8.76. The fraction of sp³-hybridized carbons (Fsp3) is 1.00. The number of aliphatic hydroxyl groups excluding tert-OH is 2. The van der Waals surface area contributed by atoms with Gasteiger partial charge in [0.1, 0.15) is 6.29 Å². The summed E-state index contributed by atoms with van der Waals surface area (Å²) in [7, 11) is 0.677. The van der Waals surface area contributed by atoms with Crippen LogP contribution in [-0.2, 0) is 9.39 Å². The van der Waals surface area contributed by atoms with Gasteiger partial charge in [-0.15, -0.1) is 0 Å². The fourth-order valence-electron chi connectivity index (χ4n) is 1.01. The third-order valence-corrected chi connectivity index (χ3v) is 1.68. The molecule has 1 rings (SSSR count). The molecule has 1 saturated heterocycles. The summed E-state index contributed by atoms with van der Waals surface area (Å²) in [4.78, 5) is 0. The second kappa shape index (κ2) is 11.9. The van der Waals surface area contributed by atoms with Crippen molar-refractivity contribution in [3.05, 3.63) is 0 Å². The van der Waals surface area contributed by atoms with Gasteiger partial charge in [0.15, 0.2) is 0 Å². The maximum Gasteiger partial charge on any atom is 0.487 e. The molecule has 0 aromatic rings. The highest BCUT2D eigenvalue weighted by Gasteiger charge is 2.14. The van der Waals surface area contributed by atoms with Gasteiger partial charge in [-0.2, -0.15) is 0 Å². The van der Waals surface area contributed by atoms with Crippen LogP contribution in [0.1, 0.15) is 12.8 Å². The Morgan fingerprint density at radius 1 is 1.33 bits per heavy atom. The van der Waals surface area contributed by atoms with Gasteiger partial charge in [-0.3, -0.25) is 0 Å². The molecule has 1 aliphatic heterocycles. The van der Waals surface area contributed by atoms with Crippen LogP contribution in [0.15, 0.2) is 0 Å². The van der Waals surface area contributed by atoms with Crippen LogP contribution in [0.3, 0.4) is 0 Å². The van der Waals surface area contributed by atoms with Crippen molar-refractivity contribution >= 4 is 7.69 Å². The first-order valence-corrected chi connectivity index (χ1v) is 5.00. The Bertz CT molecular complexity index is 120. The van der Waals surface area contributed by atoms with E-state index in [0.717, 1.165) is 19.4 Å². The predicted octanol–water partition coefficient (Wildman–Crippen LogP) is -1.77. The van der Waals surface area contributed by atoms with Crippen LogP contribution >= 0.6 is 0 Å². The van der Waals surface area contributed by atoms with Crippen LogP contribution in [0, 0.1) is 0 Å². The van der Waals surface area contributed by atoms with Crippen LogP contribution in [0.4, 0.5) is 0 Å². The van der Waals surface area contributed by atoms with Crippen molar-refractivity contribution in [1.82, 2.24) is 5.32 Å². The van der Waals surface area contributed by atoms with Crippen molar-refractivity contribution < 1.29 is 24.6 Å². The summed E-state index contributed by atoms with van der Waals surface area (Å²) in [6.45, 7) is 2.17. The van der Waals surface area contributed by atoms with E-state index in [0.29, 0.717) is 20.8 Å². The second-order valence-electron chi connectivity index (χ2n) is 2.88. The summed E-state index contributed by atoms with van der Waals surface area (Å²) in [6.07, 6.45) is 1.72. The zero-order valence-corrected chi connectivity index (χ0v) is 8.76. The standard InChI is InChI=1S/C4H8BO3.C4H11NO2/c6-5-8-4-2-1-3-7-4;6-3-1-5-2-4-7/h4,6H,1-3H2;5-7H,1-4H2. The largest absolute Gasteiger partial charge is 0.487 e. The van der Waals surface area contributed by atoms with Gasteiger partial charge in [0.2, 0.25) is 0 Å². The first-order chi connectivity index (χ1) is 7.35. The molecule has 89 valence electrons. The summed E-state index contributed by atoms with van der Waals surface area (Å²) in [5, 5.41) is 27.2. The van der Waals surface area contributed by atoms with Gasteiger partial charge in [-0.25, -0.2) is 0 Å². The summed E-state index contributed by atoms with van der Waals surface area (Å²) >= 11 is 0. The Kier molecular flexibility index (Phi) is 11.8. The molecular formula is C8H19BNO5. The van der Waals surface area contributed by atoms with Gasteiger partial charge >= 0.3 is 7.69 Å². The lowest BCUT2D eigenvalue weighted by molar-refractivity contribution is -0.0454. The highest BCUT2D eigenvalue weighted by atomic mass is 16.7. The molecule has 1 fully saturated rings. The third kappa shape index (κ3) is 10.1. The summed E-state index contributed by atoms with van der Waals surface area (Å²) < 4.78 is 9.59. The third-order valence-electron chi connectivity index (χ3n) is 1.68. The first-order valence-electron chi connectivity index (χ1n) is 5.00. The Hall–Kier alpha value is -0.175. The lowest BCUT2D eigenvalue weighted by Crippen LogP contribution is -2.21. The molecule has 4 N–H and O–H groups in total. The fourth-order valence-corrected chi connectivity index (χ4v) is 1.01. The van der Waals surface area contributed by atoms with Crippen LogP contribution < -0.4 is 5.32 Å². The molecule has 1 atom stereocenters. The Morgan fingerprint density at radius 3 is 2.40 bits per heavy atom. The Labute approximate surface area is 90.5 Å². The lowest BCUT2D eigenvalue weighted by atomic mass is 10.3. The van der Waals surface area contributed by atoms with E-state index in [1.165, 1.54) is 0 Å². The minimum atomic E-state index is -0.194. The molecule has 0 spiro atoms. The average molecular weight is 220 g/mol. The van der Waals surface area contributed by atoms with Crippen LogP contribution in [0.5, 0.6) is 0 Å². The van der Waals surface area contributed by atoms with Gasteiger partial charge in [-0.1, -0.05) is 0 Å². The smallest absolute Gasteiger partial charge is 0.429 e. The molecule has 6 nitrogen and oxygen atoms in total. The van der Waals surface area contributed by atoms with Crippen molar-refractivity contribution in [1.29, 1.82) is 0 Å². The molecule has 1 aliphatic rings. The molecule has 0 aromatic heterocycles. The van der Waals surface area contributed by atoms with Crippen molar-refractivity contribution in [2.45, 2.75) is 19.1 Å². The number of aliphatic hydroxyl groups is 2. The van der Waals surface area contributed by atoms with Crippen LogP contribution in [0.25, 0.3) is 0 Å². The number of hydrogen-bond acceptors (Lipinski definition) is 6. The number of hydrogen-bond donors (Lipinski definition) is 4. The molecule has 1 heterocycles. The Morgan fingerprint density at radius 2 is 2.00 bits per heavy atom. The minimum absolute atomic E-state index is 0.139. The van der Waals surface area contributed by atoms with Gasteiger partial charge in [-0.05, 0) is 12.8 Å². The predicted molar refractivity (Wildman–Crippen MR) is 55.1 cm³/mol. The van der Waals surface area contributed by atoms with E-state index in [-0.39, 0.29) is 19.5 Å². The molecule has 0 bridgehead atoms. The van der Waals surface area contributed by atoms with E-state index in [1.54, 1.807) is 0 Å². The number of rotatable bonds is 6. The van der Waals surface area contributed by atoms with E-state index >= 15 is 0 Å². The molecule has 7 heteroatoms. The highest BCUT2D eigenvalue weighted by Crippen LogP contribution is 2.11. The van der Waals surface area contributed by atoms with Crippen molar-refractivity contribution in [2.24, 2.45) is 0 Å². The summed E-state index contributed by atoms with van der Waals surface area (Å²) in [5.74, 6) is 0. The van der Waals surface area contributed by atoms with Crippen molar-refractivity contribution in [2.75, 3.05) is 32.9 Å². The average Bonchev–Trinajstić information content (AvgIpc) is 2.73. The zero-order chi connectivity index (χ0) is 11.4. The summed E-state index contributed by atoms with van der Waals surface area (Å²) in [5.41, 5.74) is 0.